The molecule has 8 heteroatoms. The number of carbonyl (C=O) groups excluding carboxylic acids is 2. The SMILES string of the molecule is C=C(COc1ccc(C)cc1NC(=O)c1ccccc1O)COc1ccc(C)cc1NC(=O)c1ccccc1O. The molecule has 2 amide bonds. The number of phenolic OH excluding ortho intramolecular Hbond substituents is 2. The van der Waals surface area contributed by atoms with Gasteiger partial charge in [-0.15, -0.1) is 0 Å². The predicted molar refractivity (Wildman–Crippen MR) is 155 cm³/mol. The summed E-state index contributed by atoms with van der Waals surface area (Å²) in [6.07, 6.45) is 0. The van der Waals surface area contributed by atoms with E-state index in [2.05, 4.69) is 17.2 Å². The van der Waals surface area contributed by atoms with Crippen LogP contribution < -0.4 is 20.1 Å². The Morgan fingerprint density at radius 3 is 1.48 bits per heavy atom. The zero-order valence-electron chi connectivity index (χ0n) is 22.2. The lowest BCUT2D eigenvalue weighted by atomic mass is 10.1. The molecular formula is C32H30N2O6. The van der Waals surface area contributed by atoms with E-state index in [1.165, 1.54) is 24.3 Å². The summed E-state index contributed by atoms with van der Waals surface area (Å²) < 4.78 is 11.9. The minimum absolute atomic E-state index is 0.105. The van der Waals surface area contributed by atoms with E-state index in [4.69, 9.17) is 9.47 Å². The highest BCUT2D eigenvalue weighted by molar-refractivity contribution is 6.07. The monoisotopic (exact) mass is 538 g/mol. The molecular weight excluding hydrogens is 508 g/mol. The number of phenols is 2. The normalized spacial score (nSPS) is 10.4. The zero-order valence-corrected chi connectivity index (χ0v) is 22.2. The van der Waals surface area contributed by atoms with Crippen LogP contribution in [0.3, 0.4) is 0 Å². The van der Waals surface area contributed by atoms with Gasteiger partial charge in [0.25, 0.3) is 11.8 Å². The highest BCUT2D eigenvalue weighted by Crippen LogP contribution is 2.30. The van der Waals surface area contributed by atoms with E-state index in [9.17, 15) is 19.8 Å². The zero-order chi connectivity index (χ0) is 28.6. The van der Waals surface area contributed by atoms with Gasteiger partial charge in [-0.25, -0.2) is 0 Å². The second-order valence-electron chi connectivity index (χ2n) is 9.27. The van der Waals surface area contributed by atoms with Crippen LogP contribution in [0, 0.1) is 13.8 Å². The van der Waals surface area contributed by atoms with Gasteiger partial charge in [-0.1, -0.05) is 43.0 Å². The number of ether oxygens (including phenoxy) is 2. The Hall–Kier alpha value is -5.24. The first kappa shape index (κ1) is 27.8. The molecule has 4 aromatic carbocycles. The second kappa shape index (κ2) is 12.5. The molecule has 8 nitrogen and oxygen atoms in total. The summed E-state index contributed by atoms with van der Waals surface area (Å²) in [6.45, 7) is 8.02. The molecule has 4 rings (SSSR count). The van der Waals surface area contributed by atoms with Gasteiger partial charge in [0.15, 0.2) is 0 Å². The van der Waals surface area contributed by atoms with Gasteiger partial charge < -0.3 is 30.3 Å². The van der Waals surface area contributed by atoms with Gasteiger partial charge in [0.1, 0.15) is 36.2 Å². The Morgan fingerprint density at radius 2 is 1.07 bits per heavy atom. The number of nitrogens with one attached hydrogen (secondary N) is 2. The number of para-hydroxylation sites is 2. The average Bonchev–Trinajstić information content (AvgIpc) is 2.92. The maximum Gasteiger partial charge on any atom is 0.259 e. The predicted octanol–water partition coefficient (Wildman–Crippen LogP) is 6.23. The van der Waals surface area contributed by atoms with E-state index < -0.39 is 11.8 Å². The molecule has 0 saturated carbocycles. The summed E-state index contributed by atoms with van der Waals surface area (Å²) in [5.74, 6) is -0.300. The molecule has 0 aliphatic carbocycles. The third-order valence-electron chi connectivity index (χ3n) is 5.93. The molecule has 0 saturated heterocycles. The number of aromatic hydroxyl groups is 2. The third kappa shape index (κ3) is 6.99. The van der Waals surface area contributed by atoms with Crippen molar-refractivity contribution in [2.45, 2.75) is 13.8 Å². The van der Waals surface area contributed by atoms with Crippen LogP contribution >= 0.6 is 0 Å². The number of amides is 2. The largest absolute Gasteiger partial charge is 0.507 e. The van der Waals surface area contributed by atoms with E-state index in [0.29, 0.717) is 28.4 Å². The Morgan fingerprint density at radius 1 is 0.675 bits per heavy atom. The maximum absolute atomic E-state index is 12.7. The number of hydrogen-bond donors (Lipinski definition) is 4. The molecule has 0 aromatic heterocycles. The molecule has 0 unspecified atom stereocenters. The van der Waals surface area contributed by atoms with Crippen LogP contribution in [0.2, 0.25) is 0 Å². The van der Waals surface area contributed by atoms with Crippen LogP contribution in [0.15, 0.2) is 97.1 Å². The van der Waals surface area contributed by atoms with E-state index in [1.54, 1.807) is 48.5 Å². The van der Waals surface area contributed by atoms with Crippen LogP contribution in [-0.2, 0) is 0 Å². The standard InChI is InChI=1S/C32H30N2O6/c1-20-12-14-29(25(16-20)33-31(37)23-8-4-6-10-27(23)35)39-18-22(3)19-40-30-15-13-21(2)17-26(30)34-32(38)24-9-5-7-11-28(24)36/h4-17,35-36H,3,18-19H2,1-2H3,(H,33,37)(H,34,38). The van der Waals surface area contributed by atoms with Gasteiger partial charge in [-0.3, -0.25) is 9.59 Å². The molecule has 0 radical (unpaired) electrons. The van der Waals surface area contributed by atoms with Crippen LogP contribution in [-0.4, -0.2) is 35.2 Å². The fraction of sp³-hybridized carbons (Fsp3) is 0.125. The maximum atomic E-state index is 12.7. The summed E-state index contributed by atoms with van der Waals surface area (Å²) in [5.41, 5.74) is 3.65. The summed E-state index contributed by atoms with van der Waals surface area (Å²) in [7, 11) is 0. The van der Waals surface area contributed by atoms with Crippen molar-refractivity contribution in [3.63, 3.8) is 0 Å². The average molecular weight is 539 g/mol. The molecule has 4 N–H and O–H groups in total. The first-order valence-corrected chi connectivity index (χ1v) is 12.5. The van der Waals surface area contributed by atoms with Crippen molar-refractivity contribution in [1.29, 1.82) is 0 Å². The Balaban J connectivity index is 1.39. The van der Waals surface area contributed by atoms with E-state index in [-0.39, 0.29) is 35.8 Å². The van der Waals surface area contributed by atoms with Crippen molar-refractivity contribution in [2.24, 2.45) is 0 Å². The van der Waals surface area contributed by atoms with Crippen molar-refractivity contribution in [3.8, 4) is 23.0 Å². The van der Waals surface area contributed by atoms with Crippen molar-refractivity contribution in [1.82, 2.24) is 0 Å². The van der Waals surface area contributed by atoms with Gasteiger partial charge in [0.05, 0.1) is 22.5 Å². The molecule has 204 valence electrons. The molecule has 0 spiro atoms. The number of anilines is 2. The molecule has 4 aromatic rings. The molecule has 40 heavy (non-hydrogen) atoms. The number of rotatable bonds is 10. The summed E-state index contributed by atoms with van der Waals surface area (Å²) in [6, 6.07) is 23.3. The van der Waals surface area contributed by atoms with E-state index >= 15 is 0 Å². The van der Waals surface area contributed by atoms with Crippen LogP contribution in [0.4, 0.5) is 11.4 Å². The number of carbonyl (C=O) groups is 2. The molecule has 0 aliphatic heterocycles. The topological polar surface area (TPSA) is 117 Å². The molecule has 0 fully saturated rings. The van der Waals surface area contributed by atoms with E-state index in [1.807, 2.05) is 26.0 Å². The molecule has 0 bridgehead atoms. The van der Waals surface area contributed by atoms with Crippen LogP contribution in [0.5, 0.6) is 23.0 Å². The third-order valence-corrected chi connectivity index (χ3v) is 5.93. The molecule has 0 heterocycles. The first-order valence-electron chi connectivity index (χ1n) is 12.5. The van der Waals surface area contributed by atoms with E-state index in [0.717, 1.165) is 11.1 Å². The number of benzene rings is 4. The van der Waals surface area contributed by atoms with Crippen molar-refractivity contribution in [2.75, 3.05) is 23.8 Å². The number of hydrogen-bond acceptors (Lipinski definition) is 6. The fourth-order valence-electron chi connectivity index (χ4n) is 3.85. The van der Waals surface area contributed by atoms with Gasteiger partial charge in [-0.2, -0.15) is 0 Å². The first-order chi connectivity index (χ1) is 19.2. The van der Waals surface area contributed by atoms with Crippen molar-refractivity contribution < 1.29 is 29.3 Å². The minimum Gasteiger partial charge on any atom is -0.507 e. The van der Waals surface area contributed by atoms with Crippen molar-refractivity contribution in [3.05, 3.63) is 119 Å². The second-order valence-corrected chi connectivity index (χ2v) is 9.27. The molecule has 0 aliphatic rings. The van der Waals surface area contributed by atoms with Gasteiger partial charge in [0.2, 0.25) is 0 Å². The lowest BCUT2D eigenvalue weighted by molar-refractivity contribution is 0.101. The van der Waals surface area contributed by atoms with Gasteiger partial charge >= 0.3 is 0 Å². The van der Waals surface area contributed by atoms with Crippen molar-refractivity contribution >= 4 is 23.2 Å². The summed E-state index contributed by atoms with van der Waals surface area (Å²) in [5, 5.41) is 25.6. The summed E-state index contributed by atoms with van der Waals surface area (Å²) >= 11 is 0. The minimum atomic E-state index is -0.464. The quantitative estimate of drug-likeness (QED) is 0.178. The van der Waals surface area contributed by atoms with Gasteiger partial charge in [0, 0.05) is 0 Å². The van der Waals surface area contributed by atoms with Crippen LogP contribution in [0.1, 0.15) is 31.8 Å². The highest BCUT2D eigenvalue weighted by atomic mass is 16.5. The number of aryl methyl sites for hydroxylation is 2. The Bertz CT molecular complexity index is 1450. The van der Waals surface area contributed by atoms with Gasteiger partial charge in [-0.05, 0) is 79.1 Å². The van der Waals surface area contributed by atoms with Crippen LogP contribution in [0.25, 0.3) is 0 Å². The Kier molecular flexibility index (Phi) is 8.71. The lowest BCUT2D eigenvalue weighted by Gasteiger charge is -2.17. The Labute approximate surface area is 232 Å². The molecule has 0 atom stereocenters. The lowest BCUT2D eigenvalue weighted by Crippen LogP contribution is -2.15. The fourth-order valence-corrected chi connectivity index (χ4v) is 3.85. The summed E-state index contributed by atoms with van der Waals surface area (Å²) in [4.78, 5) is 25.5. The smallest absolute Gasteiger partial charge is 0.259 e. The highest BCUT2D eigenvalue weighted by Gasteiger charge is 2.16.